The summed E-state index contributed by atoms with van der Waals surface area (Å²) in [7, 11) is 0. The van der Waals surface area contributed by atoms with Crippen molar-refractivity contribution in [2.24, 2.45) is 11.8 Å². The molecule has 0 aromatic rings. The van der Waals surface area contributed by atoms with Crippen LogP contribution in [0.25, 0.3) is 0 Å². The summed E-state index contributed by atoms with van der Waals surface area (Å²) in [4.78, 5) is 10.0. The molecule has 5 nitrogen and oxygen atoms in total. The fourth-order valence-electron chi connectivity index (χ4n) is 5.60. The van der Waals surface area contributed by atoms with E-state index in [-0.39, 0.29) is 18.4 Å². The van der Waals surface area contributed by atoms with Crippen molar-refractivity contribution in [1.82, 2.24) is 0 Å². The van der Waals surface area contributed by atoms with Crippen LogP contribution in [0, 0.1) is 11.8 Å². The number of aliphatic hydroxyl groups is 3. The lowest BCUT2D eigenvalue weighted by molar-refractivity contribution is -0.127. The molecule has 40 heavy (non-hydrogen) atoms. The third-order valence-corrected chi connectivity index (χ3v) is 8.22. The van der Waals surface area contributed by atoms with Crippen LogP contribution in [0.2, 0.25) is 0 Å². The van der Waals surface area contributed by atoms with Crippen molar-refractivity contribution in [3.63, 3.8) is 0 Å². The second-order valence-electron chi connectivity index (χ2n) is 11.8. The molecule has 0 heterocycles. The van der Waals surface area contributed by atoms with Gasteiger partial charge in [-0.3, -0.25) is 4.79 Å². The van der Waals surface area contributed by atoms with E-state index in [1.54, 1.807) is 6.92 Å². The van der Waals surface area contributed by atoms with E-state index in [2.05, 4.69) is 29.9 Å². The Bertz CT molecular complexity index is 574. The zero-order valence-corrected chi connectivity index (χ0v) is 26.3. The predicted molar refractivity (Wildman–Crippen MR) is 169 cm³/mol. The van der Waals surface area contributed by atoms with Gasteiger partial charge in [-0.25, -0.2) is 0 Å². The molecule has 0 spiro atoms. The number of allylic oxidation sites excluding steroid dienone is 3. The fraction of sp³-hybridized carbons (Fsp3) is 0.857. The minimum Gasteiger partial charge on any atom is -0.464 e. The molecule has 0 fully saturated rings. The number of ether oxygens (including phenoxy) is 1. The van der Waals surface area contributed by atoms with Crippen molar-refractivity contribution in [1.29, 1.82) is 0 Å². The highest BCUT2D eigenvalue weighted by Crippen LogP contribution is 2.28. The molecule has 4 unspecified atom stereocenters. The van der Waals surface area contributed by atoms with E-state index in [9.17, 15) is 20.1 Å². The zero-order chi connectivity index (χ0) is 29.5. The summed E-state index contributed by atoms with van der Waals surface area (Å²) >= 11 is 0. The first-order valence-corrected chi connectivity index (χ1v) is 16.9. The Morgan fingerprint density at radius 1 is 0.600 bits per heavy atom. The predicted octanol–water partition coefficient (Wildman–Crippen LogP) is 8.84. The molecule has 0 rings (SSSR count). The molecule has 0 aliphatic heterocycles. The molecule has 0 aliphatic carbocycles. The first-order valence-electron chi connectivity index (χ1n) is 16.9. The van der Waals surface area contributed by atoms with Crippen LogP contribution in [0.15, 0.2) is 24.3 Å². The summed E-state index contributed by atoms with van der Waals surface area (Å²) in [5.41, 5.74) is 0. The minimum absolute atomic E-state index is 0.0276. The Kier molecular flexibility index (Phi) is 29.9. The van der Waals surface area contributed by atoms with Crippen LogP contribution in [-0.4, -0.2) is 47.2 Å². The second kappa shape index (κ2) is 30.8. The number of rotatable bonds is 31. The molecule has 236 valence electrons. The van der Waals surface area contributed by atoms with Crippen LogP contribution in [0.1, 0.15) is 155 Å². The van der Waals surface area contributed by atoms with Crippen molar-refractivity contribution < 1.29 is 24.9 Å². The topological polar surface area (TPSA) is 87.0 Å². The quantitative estimate of drug-likeness (QED) is 0.0443. The smallest absolute Gasteiger partial charge is 0.293 e. The van der Waals surface area contributed by atoms with Crippen molar-refractivity contribution >= 4 is 6.47 Å². The van der Waals surface area contributed by atoms with Crippen molar-refractivity contribution in [3.8, 4) is 0 Å². The highest BCUT2D eigenvalue weighted by molar-refractivity contribution is 5.37. The zero-order valence-electron chi connectivity index (χ0n) is 26.3. The third kappa shape index (κ3) is 24.6. The molecule has 0 aliphatic rings. The molecular formula is C35H66O5. The maximum Gasteiger partial charge on any atom is 0.293 e. The first kappa shape index (κ1) is 38.8. The average Bonchev–Trinajstić information content (AvgIpc) is 2.94. The molecule has 5 heteroatoms. The van der Waals surface area contributed by atoms with Gasteiger partial charge in [0.25, 0.3) is 6.47 Å². The molecule has 4 atom stereocenters. The molecule has 0 saturated carbocycles. The Morgan fingerprint density at radius 2 is 1.07 bits per heavy atom. The number of hydrogen-bond acceptors (Lipinski definition) is 5. The monoisotopic (exact) mass is 566 g/mol. The van der Waals surface area contributed by atoms with E-state index in [0.717, 1.165) is 44.9 Å². The van der Waals surface area contributed by atoms with Crippen LogP contribution >= 0.6 is 0 Å². The van der Waals surface area contributed by atoms with E-state index >= 15 is 0 Å². The number of hydrogen-bond donors (Lipinski definition) is 3. The summed E-state index contributed by atoms with van der Waals surface area (Å²) in [5, 5.41) is 31.0. The van der Waals surface area contributed by atoms with E-state index in [1.165, 1.54) is 96.3 Å². The lowest BCUT2D eigenvalue weighted by Crippen LogP contribution is -2.36. The molecule has 0 aromatic carbocycles. The van der Waals surface area contributed by atoms with Crippen LogP contribution in [0.3, 0.4) is 0 Å². The van der Waals surface area contributed by atoms with Gasteiger partial charge in [0, 0.05) is 12.5 Å². The van der Waals surface area contributed by atoms with E-state index < -0.39 is 12.2 Å². The Hall–Kier alpha value is -1.17. The van der Waals surface area contributed by atoms with Gasteiger partial charge in [0.15, 0.2) is 0 Å². The van der Waals surface area contributed by atoms with E-state index in [4.69, 9.17) is 0 Å². The Morgan fingerprint density at radius 3 is 1.57 bits per heavy atom. The summed E-state index contributed by atoms with van der Waals surface area (Å²) in [6.45, 7) is 4.77. The lowest BCUT2D eigenvalue weighted by Gasteiger charge is -2.32. The van der Waals surface area contributed by atoms with Crippen LogP contribution in [-0.2, 0) is 9.53 Å². The highest BCUT2D eigenvalue weighted by Gasteiger charge is 2.30. The van der Waals surface area contributed by atoms with Gasteiger partial charge in [-0.1, -0.05) is 128 Å². The molecule has 0 amide bonds. The summed E-state index contributed by atoms with van der Waals surface area (Å²) < 4.78 is 4.63. The van der Waals surface area contributed by atoms with Gasteiger partial charge in [0.1, 0.15) is 6.61 Å². The van der Waals surface area contributed by atoms with Crippen LogP contribution in [0.5, 0.6) is 0 Å². The lowest BCUT2D eigenvalue weighted by atomic mass is 9.79. The standard InChI is InChI=1S/C35H66O5/c1-3-4-5-6-18-22-25-28-35(39)33(34(30-36)32(2)38)27-24-21-19-16-14-12-10-8-7-9-11-13-15-17-20-23-26-29-40-31-37/h6,18,23,26,31-36,38-39H,3-5,7-17,19-22,24-25,27-30H2,1-2H3. The number of unbranched alkanes of at least 4 members (excludes halogenated alkanes) is 17. The van der Waals surface area contributed by atoms with Crippen molar-refractivity contribution in [2.75, 3.05) is 13.2 Å². The number of carbonyl (C=O) groups is 1. The van der Waals surface area contributed by atoms with Gasteiger partial charge in [0.2, 0.25) is 0 Å². The molecule has 0 radical (unpaired) electrons. The summed E-state index contributed by atoms with van der Waals surface area (Å²) in [6.07, 6.45) is 33.7. The van der Waals surface area contributed by atoms with E-state index in [1.807, 2.05) is 6.08 Å². The second-order valence-corrected chi connectivity index (χ2v) is 11.8. The van der Waals surface area contributed by atoms with Crippen molar-refractivity contribution in [3.05, 3.63) is 24.3 Å². The number of carbonyl (C=O) groups excluding carboxylic acids is 1. The fourth-order valence-corrected chi connectivity index (χ4v) is 5.60. The molecule has 0 bridgehead atoms. The molecule has 3 N–H and O–H groups in total. The van der Waals surface area contributed by atoms with Gasteiger partial charge in [0.05, 0.1) is 12.2 Å². The maximum atomic E-state index is 10.9. The van der Waals surface area contributed by atoms with Crippen molar-refractivity contribution in [2.45, 2.75) is 167 Å². The van der Waals surface area contributed by atoms with Gasteiger partial charge in [-0.15, -0.1) is 0 Å². The molecule has 0 aromatic heterocycles. The average molecular weight is 567 g/mol. The van der Waals surface area contributed by atoms with Gasteiger partial charge in [-0.2, -0.15) is 0 Å². The normalized spacial score (nSPS) is 15.0. The first-order chi connectivity index (χ1) is 19.6. The van der Waals surface area contributed by atoms with Crippen LogP contribution < -0.4 is 0 Å². The molecule has 0 saturated heterocycles. The number of aliphatic hydroxyl groups excluding tert-OH is 3. The maximum absolute atomic E-state index is 10.9. The summed E-state index contributed by atoms with van der Waals surface area (Å²) in [6, 6.07) is 0. The van der Waals surface area contributed by atoms with Gasteiger partial charge in [-0.05, 0) is 57.8 Å². The van der Waals surface area contributed by atoms with Gasteiger partial charge < -0.3 is 20.1 Å². The third-order valence-electron chi connectivity index (χ3n) is 8.22. The largest absolute Gasteiger partial charge is 0.464 e. The van der Waals surface area contributed by atoms with E-state index in [0.29, 0.717) is 13.1 Å². The summed E-state index contributed by atoms with van der Waals surface area (Å²) in [5.74, 6) is -0.270. The molecular weight excluding hydrogens is 500 g/mol. The van der Waals surface area contributed by atoms with Gasteiger partial charge >= 0.3 is 0 Å². The van der Waals surface area contributed by atoms with Crippen LogP contribution in [0.4, 0.5) is 0 Å². The Balaban J connectivity index is 3.81. The highest BCUT2D eigenvalue weighted by atomic mass is 16.5. The minimum atomic E-state index is -0.595. The SMILES string of the molecule is CCCCC=CCCCC(O)C(CCCCCCCCCCCCCCCCC=CCOC=O)C(CO)C(C)O. The Labute approximate surface area is 247 Å².